The first-order chi connectivity index (χ1) is 9.69. The first-order valence-electron chi connectivity index (χ1n) is 6.87. The number of ether oxygens (including phenoxy) is 1. The van der Waals surface area contributed by atoms with Crippen LogP contribution in [0.25, 0.3) is 0 Å². The molecule has 2 rings (SSSR count). The lowest BCUT2D eigenvalue weighted by molar-refractivity contribution is 0.197. The average Bonchev–Trinajstić information content (AvgIpc) is 2.77. The van der Waals surface area contributed by atoms with Crippen LogP contribution in [0.2, 0.25) is 0 Å². The molecule has 2 heterocycles. The van der Waals surface area contributed by atoms with Gasteiger partial charge in [-0.25, -0.2) is 4.98 Å². The van der Waals surface area contributed by atoms with Crippen molar-refractivity contribution in [2.75, 3.05) is 25.6 Å². The molecule has 0 amide bonds. The first kappa shape index (κ1) is 14.5. The van der Waals surface area contributed by atoms with E-state index >= 15 is 0 Å². The van der Waals surface area contributed by atoms with Crippen molar-refractivity contribution in [1.29, 1.82) is 0 Å². The van der Waals surface area contributed by atoms with Crippen LogP contribution in [0.3, 0.4) is 0 Å². The molecule has 0 bridgehead atoms. The Kier molecular flexibility index (Phi) is 5.12. The maximum atomic E-state index is 5.05. The average molecular weight is 274 g/mol. The monoisotopic (exact) mass is 274 g/mol. The van der Waals surface area contributed by atoms with Crippen LogP contribution in [-0.2, 0) is 11.3 Å². The lowest BCUT2D eigenvalue weighted by Crippen LogP contribution is -2.11. The van der Waals surface area contributed by atoms with Crippen molar-refractivity contribution in [3.8, 4) is 0 Å². The molecule has 0 aromatic carbocycles. The molecule has 0 saturated heterocycles. The number of hydrogen-bond acceptors (Lipinski definition) is 4. The van der Waals surface area contributed by atoms with Gasteiger partial charge in [-0.1, -0.05) is 6.07 Å². The summed E-state index contributed by atoms with van der Waals surface area (Å²) in [7, 11) is 1.72. The number of pyridine rings is 1. The second-order valence-electron chi connectivity index (χ2n) is 4.91. The summed E-state index contributed by atoms with van der Waals surface area (Å²) >= 11 is 0. The highest BCUT2D eigenvalue weighted by Gasteiger charge is 2.06. The number of nitrogens with zero attached hydrogens (tertiary/aromatic N) is 3. The van der Waals surface area contributed by atoms with E-state index in [9.17, 15) is 0 Å². The third-order valence-electron chi connectivity index (χ3n) is 3.03. The standard InChI is InChI=1S/C15H22N4O/c1-12-5-6-14(9-17-12)11-19-10-13(2)18-15(19)16-7-4-8-20-3/h5-6,9-10H,4,7-8,11H2,1-3H3,(H,16,18). The Balaban J connectivity index is 2.01. The van der Waals surface area contributed by atoms with Crippen molar-refractivity contribution in [3.05, 3.63) is 41.5 Å². The molecule has 5 heteroatoms. The maximum absolute atomic E-state index is 5.05. The zero-order chi connectivity index (χ0) is 14.4. The van der Waals surface area contributed by atoms with Crippen LogP contribution < -0.4 is 5.32 Å². The number of aromatic nitrogens is 3. The van der Waals surface area contributed by atoms with Crippen molar-refractivity contribution in [3.63, 3.8) is 0 Å². The van der Waals surface area contributed by atoms with Crippen LogP contribution in [0.1, 0.15) is 23.4 Å². The van der Waals surface area contributed by atoms with Crippen LogP contribution >= 0.6 is 0 Å². The van der Waals surface area contributed by atoms with Crippen molar-refractivity contribution >= 4 is 5.95 Å². The first-order valence-corrected chi connectivity index (χ1v) is 6.87. The van der Waals surface area contributed by atoms with Gasteiger partial charge in [-0.2, -0.15) is 0 Å². The van der Waals surface area contributed by atoms with Gasteiger partial charge in [-0.15, -0.1) is 0 Å². The topological polar surface area (TPSA) is 52.0 Å². The lowest BCUT2D eigenvalue weighted by atomic mass is 10.2. The molecule has 108 valence electrons. The Morgan fingerprint density at radius 2 is 2.10 bits per heavy atom. The van der Waals surface area contributed by atoms with Gasteiger partial charge in [0.15, 0.2) is 0 Å². The number of methoxy groups -OCH3 is 1. The van der Waals surface area contributed by atoms with E-state index in [1.54, 1.807) is 7.11 Å². The Hall–Kier alpha value is -1.88. The van der Waals surface area contributed by atoms with Crippen molar-refractivity contribution in [2.24, 2.45) is 0 Å². The molecule has 0 aliphatic rings. The summed E-state index contributed by atoms with van der Waals surface area (Å²) in [5, 5.41) is 3.35. The third kappa shape index (κ3) is 4.06. The Morgan fingerprint density at radius 3 is 2.80 bits per heavy atom. The molecular weight excluding hydrogens is 252 g/mol. The van der Waals surface area contributed by atoms with Crippen LogP contribution in [0.4, 0.5) is 5.95 Å². The van der Waals surface area contributed by atoms with Gasteiger partial charge >= 0.3 is 0 Å². The molecule has 0 aliphatic heterocycles. The summed E-state index contributed by atoms with van der Waals surface area (Å²) < 4.78 is 7.17. The van der Waals surface area contributed by atoms with Crippen molar-refractivity contribution in [1.82, 2.24) is 14.5 Å². The number of hydrogen-bond donors (Lipinski definition) is 1. The fourth-order valence-corrected chi connectivity index (χ4v) is 2.01. The van der Waals surface area contributed by atoms with Crippen molar-refractivity contribution < 1.29 is 4.74 Å². The van der Waals surface area contributed by atoms with Gasteiger partial charge in [-0.05, 0) is 31.9 Å². The predicted molar refractivity (Wildman–Crippen MR) is 80.0 cm³/mol. The molecule has 0 spiro atoms. The minimum Gasteiger partial charge on any atom is -0.385 e. The Morgan fingerprint density at radius 1 is 1.25 bits per heavy atom. The minimum absolute atomic E-state index is 0.759. The van der Waals surface area contributed by atoms with Crippen molar-refractivity contribution in [2.45, 2.75) is 26.8 Å². The quantitative estimate of drug-likeness (QED) is 0.788. The summed E-state index contributed by atoms with van der Waals surface area (Å²) in [6.07, 6.45) is 4.94. The van der Waals surface area contributed by atoms with E-state index in [1.807, 2.05) is 26.1 Å². The van der Waals surface area contributed by atoms with Gasteiger partial charge < -0.3 is 14.6 Å². The lowest BCUT2D eigenvalue weighted by Gasteiger charge is -2.09. The van der Waals surface area contributed by atoms with Crippen LogP contribution in [0.5, 0.6) is 0 Å². The number of aryl methyl sites for hydroxylation is 2. The minimum atomic E-state index is 0.759. The smallest absolute Gasteiger partial charge is 0.203 e. The molecule has 0 atom stereocenters. The molecule has 0 aliphatic carbocycles. The van der Waals surface area contributed by atoms with E-state index in [0.29, 0.717) is 0 Å². The highest BCUT2D eigenvalue weighted by atomic mass is 16.5. The number of imidazole rings is 1. The fourth-order valence-electron chi connectivity index (χ4n) is 2.01. The highest BCUT2D eigenvalue weighted by molar-refractivity contribution is 5.30. The summed E-state index contributed by atoms with van der Waals surface area (Å²) in [5.41, 5.74) is 3.22. The van der Waals surface area contributed by atoms with Gasteiger partial charge in [0, 0.05) is 38.3 Å². The molecule has 0 saturated carbocycles. The summed E-state index contributed by atoms with van der Waals surface area (Å²) in [6.45, 7) is 6.39. The number of anilines is 1. The summed E-state index contributed by atoms with van der Waals surface area (Å²) in [6, 6.07) is 4.14. The Bertz CT molecular complexity index is 533. The summed E-state index contributed by atoms with van der Waals surface area (Å²) in [5.74, 6) is 0.902. The number of rotatable bonds is 7. The van der Waals surface area contributed by atoms with Gasteiger partial charge in [0.2, 0.25) is 5.95 Å². The van der Waals surface area contributed by atoms with Crippen LogP contribution in [0, 0.1) is 13.8 Å². The van der Waals surface area contributed by atoms with E-state index in [0.717, 1.165) is 43.5 Å². The fraction of sp³-hybridized carbons (Fsp3) is 0.467. The summed E-state index contributed by atoms with van der Waals surface area (Å²) in [4.78, 5) is 8.84. The largest absolute Gasteiger partial charge is 0.385 e. The van der Waals surface area contributed by atoms with Gasteiger partial charge in [0.05, 0.1) is 12.2 Å². The molecule has 1 N–H and O–H groups in total. The molecular formula is C15H22N4O. The zero-order valence-electron chi connectivity index (χ0n) is 12.4. The molecule has 20 heavy (non-hydrogen) atoms. The van der Waals surface area contributed by atoms with Crippen LogP contribution in [0.15, 0.2) is 24.5 Å². The van der Waals surface area contributed by atoms with Gasteiger partial charge in [0.25, 0.3) is 0 Å². The highest BCUT2D eigenvalue weighted by Crippen LogP contribution is 2.12. The molecule has 0 unspecified atom stereocenters. The molecule has 0 fully saturated rings. The van der Waals surface area contributed by atoms with E-state index < -0.39 is 0 Å². The molecule has 0 radical (unpaired) electrons. The maximum Gasteiger partial charge on any atom is 0.203 e. The molecule has 5 nitrogen and oxygen atoms in total. The zero-order valence-corrected chi connectivity index (χ0v) is 12.4. The second kappa shape index (κ2) is 7.05. The molecule has 2 aromatic heterocycles. The van der Waals surface area contributed by atoms with E-state index in [4.69, 9.17) is 4.74 Å². The second-order valence-corrected chi connectivity index (χ2v) is 4.91. The Labute approximate surface area is 120 Å². The molecule has 2 aromatic rings. The van der Waals surface area contributed by atoms with Crippen LogP contribution in [-0.4, -0.2) is 34.8 Å². The predicted octanol–water partition coefficient (Wildman–Crippen LogP) is 2.39. The van der Waals surface area contributed by atoms with E-state index in [1.165, 1.54) is 5.56 Å². The van der Waals surface area contributed by atoms with E-state index in [2.05, 4.69) is 32.1 Å². The van der Waals surface area contributed by atoms with E-state index in [-0.39, 0.29) is 0 Å². The van der Waals surface area contributed by atoms with Gasteiger partial charge in [-0.3, -0.25) is 4.98 Å². The normalized spacial score (nSPS) is 10.8. The third-order valence-corrected chi connectivity index (χ3v) is 3.03. The number of nitrogens with one attached hydrogen (secondary N) is 1. The SMILES string of the molecule is COCCCNc1nc(C)cn1Cc1ccc(C)nc1. The van der Waals surface area contributed by atoms with Gasteiger partial charge in [0.1, 0.15) is 0 Å².